The molecular formula is C24H24ClN3O3. The molecule has 1 aliphatic rings. The first-order valence-electron chi connectivity index (χ1n) is 10.2. The lowest BCUT2D eigenvalue weighted by atomic mass is 9.98. The molecule has 0 unspecified atom stereocenters. The van der Waals surface area contributed by atoms with E-state index in [1.807, 2.05) is 30.3 Å². The highest BCUT2D eigenvalue weighted by atomic mass is 35.5. The summed E-state index contributed by atoms with van der Waals surface area (Å²) in [6.07, 6.45) is 2.56. The lowest BCUT2D eigenvalue weighted by Gasteiger charge is -2.34. The predicted molar refractivity (Wildman–Crippen MR) is 118 cm³/mol. The van der Waals surface area contributed by atoms with Gasteiger partial charge < -0.3 is 15.1 Å². The standard InChI is InChI=1S/C24H24ClN3O3/c25-20-9-7-17(8-10-20)14-26-23(29)24(30)27-15-21(22-6-3-13-31-22)28-12-11-18-4-1-2-5-19(18)16-28/h1-10,13,21H,11-12,14-16H2,(H,26,29)(H,27,30)/t21-/m1/s1. The summed E-state index contributed by atoms with van der Waals surface area (Å²) in [6.45, 7) is 2.15. The van der Waals surface area contributed by atoms with Crippen LogP contribution in [0.15, 0.2) is 71.3 Å². The van der Waals surface area contributed by atoms with E-state index in [1.165, 1.54) is 11.1 Å². The van der Waals surface area contributed by atoms with Crippen LogP contribution in [0.5, 0.6) is 0 Å². The summed E-state index contributed by atoms with van der Waals surface area (Å²) < 4.78 is 5.64. The van der Waals surface area contributed by atoms with Crippen LogP contribution in [0.2, 0.25) is 5.02 Å². The number of hydrogen-bond donors (Lipinski definition) is 2. The molecule has 6 nitrogen and oxygen atoms in total. The summed E-state index contributed by atoms with van der Waals surface area (Å²) in [5, 5.41) is 6.02. The molecule has 3 aromatic rings. The molecule has 2 amide bonds. The van der Waals surface area contributed by atoms with Gasteiger partial charge in [-0.1, -0.05) is 48.0 Å². The maximum atomic E-state index is 12.4. The van der Waals surface area contributed by atoms with Crippen LogP contribution >= 0.6 is 11.6 Å². The summed E-state index contributed by atoms with van der Waals surface area (Å²) in [5.74, 6) is -0.568. The lowest BCUT2D eigenvalue weighted by Crippen LogP contribution is -2.45. The summed E-state index contributed by atoms with van der Waals surface area (Å²) >= 11 is 5.87. The number of furan rings is 1. The Hall–Kier alpha value is -3.09. The van der Waals surface area contributed by atoms with Gasteiger partial charge in [-0.3, -0.25) is 14.5 Å². The van der Waals surface area contributed by atoms with Crippen LogP contribution in [0, 0.1) is 0 Å². The van der Waals surface area contributed by atoms with Crippen LogP contribution in [0.3, 0.4) is 0 Å². The minimum absolute atomic E-state index is 0.156. The van der Waals surface area contributed by atoms with Gasteiger partial charge in [0.05, 0.1) is 12.3 Å². The second kappa shape index (κ2) is 9.81. The van der Waals surface area contributed by atoms with Gasteiger partial charge in [0.1, 0.15) is 5.76 Å². The number of carbonyl (C=O) groups is 2. The van der Waals surface area contributed by atoms with Crippen LogP contribution in [-0.4, -0.2) is 29.8 Å². The van der Waals surface area contributed by atoms with E-state index in [1.54, 1.807) is 18.4 Å². The van der Waals surface area contributed by atoms with Crippen LogP contribution in [0.4, 0.5) is 0 Å². The Morgan fingerprint density at radius 1 is 0.968 bits per heavy atom. The number of carbonyl (C=O) groups excluding carboxylic acids is 2. The zero-order valence-corrected chi connectivity index (χ0v) is 17.8. The number of rotatable bonds is 6. The van der Waals surface area contributed by atoms with Gasteiger partial charge in [0.25, 0.3) is 0 Å². The van der Waals surface area contributed by atoms with Gasteiger partial charge in [-0.15, -0.1) is 0 Å². The van der Waals surface area contributed by atoms with Crippen molar-refractivity contribution in [2.45, 2.75) is 25.6 Å². The van der Waals surface area contributed by atoms with Crippen molar-refractivity contribution in [2.24, 2.45) is 0 Å². The monoisotopic (exact) mass is 437 g/mol. The molecule has 0 saturated carbocycles. The molecule has 0 bridgehead atoms. The molecule has 0 spiro atoms. The normalized spacial score (nSPS) is 14.5. The minimum atomic E-state index is -0.669. The second-order valence-corrected chi connectivity index (χ2v) is 7.98. The number of benzene rings is 2. The molecule has 2 heterocycles. The third kappa shape index (κ3) is 5.34. The Balaban J connectivity index is 1.36. The Bertz CT molecular complexity index is 1030. The topological polar surface area (TPSA) is 74.6 Å². The quantitative estimate of drug-likeness (QED) is 0.579. The minimum Gasteiger partial charge on any atom is -0.468 e. The van der Waals surface area contributed by atoms with E-state index in [9.17, 15) is 9.59 Å². The molecule has 0 aliphatic carbocycles. The van der Waals surface area contributed by atoms with Gasteiger partial charge in [-0.25, -0.2) is 0 Å². The highest BCUT2D eigenvalue weighted by Gasteiger charge is 2.27. The van der Waals surface area contributed by atoms with Crippen LogP contribution < -0.4 is 10.6 Å². The molecule has 1 atom stereocenters. The van der Waals surface area contributed by atoms with E-state index in [-0.39, 0.29) is 19.1 Å². The van der Waals surface area contributed by atoms with Crippen LogP contribution in [0.25, 0.3) is 0 Å². The smallest absolute Gasteiger partial charge is 0.309 e. The van der Waals surface area contributed by atoms with Crippen molar-refractivity contribution in [1.29, 1.82) is 0 Å². The van der Waals surface area contributed by atoms with E-state index in [4.69, 9.17) is 16.0 Å². The molecule has 4 rings (SSSR count). The molecule has 2 N–H and O–H groups in total. The first kappa shape index (κ1) is 21.2. The number of amides is 2. The molecule has 0 saturated heterocycles. The predicted octanol–water partition coefficient (Wildman–Crippen LogP) is 3.47. The van der Waals surface area contributed by atoms with Crippen molar-refractivity contribution in [1.82, 2.24) is 15.5 Å². The average Bonchev–Trinajstić information content (AvgIpc) is 3.33. The van der Waals surface area contributed by atoms with E-state index in [0.717, 1.165) is 30.8 Å². The Morgan fingerprint density at radius 3 is 2.45 bits per heavy atom. The van der Waals surface area contributed by atoms with Crippen LogP contribution in [0.1, 0.15) is 28.5 Å². The van der Waals surface area contributed by atoms with Gasteiger partial charge in [-0.2, -0.15) is 0 Å². The fourth-order valence-electron chi connectivity index (χ4n) is 3.81. The van der Waals surface area contributed by atoms with E-state index in [2.05, 4.69) is 33.7 Å². The molecule has 0 fully saturated rings. The first-order valence-corrected chi connectivity index (χ1v) is 10.6. The van der Waals surface area contributed by atoms with Crippen molar-refractivity contribution >= 4 is 23.4 Å². The largest absolute Gasteiger partial charge is 0.468 e. The zero-order chi connectivity index (χ0) is 21.6. The maximum absolute atomic E-state index is 12.4. The fraction of sp³-hybridized carbons (Fsp3) is 0.250. The fourth-order valence-corrected chi connectivity index (χ4v) is 3.93. The summed E-state index contributed by atoms with van der Waals surface area (Å²) in [7, 11) is 0. The van der Waals surface area contributed by atoms with E-state index < -0.39 is 11.8 Å². The molecule has 2 aromatic carbocycles. The summed E-state index contributed by atoms with van der Waals surface area (Å²) in [5.41, 5.74) is 3.49. The number of nitrogens with zero attached hydrogens (tertiary/aromatic N) is 1. The van der Waals surface area contributed by atoms with Gasteiger partial charge >= 0.3 is 11.8 Å². The maximum Gasteiger partial charge on any atom is 0.309 e. The second-order valence-electron chi connectivity index (χ2n) is 7.54. The summed E-state index contributed by atoms with van der Waals surface area (Å²) in [4.78, 5) is 26.9. The van der Waals surface area contributed by atoms with Gasteiger partial charge in [0.15, 0.2) is 0 Å². The third-order valence-electron chi connectivity index (χ3n) is 5.50. The molecule has 31 heavy (non-hydrogen) atoms. The van der Waals surface area contributed by atoms with Crippen molar-refractivity contribution in [3.63, 3.8) is 0 Å². The Morgan fingerprint density at radius 2 is 1.71 bits per heavy atom. The van der Waals surface area contributed by atoms with Gasteiger partial charge in [0, 0.05) is 31.2 Å². The lowest BCUT2D eigenvalue weighted by molar-refractivity contribution is -0.139. The molecule has 0 radical (unpaired) electrons. The average molecular weight is 438 g/mol. The number of hydrogen-bond acceptors (Lipinski definition) is 4. The molecule has 1 aliphatic heterocycles. The van der Waals surface area contributed by atoms with E-state index in [0.29, 0.717) is 5.02 Å². The highest BCUT2D eigenvalue weighted by Crippen LogP contribution is 2.27. The first-order chi connectivity index (χ1) is 15.1. The molecule has 1 aromatic heterocycles. The zero-order valence-electron chi connectivity index (χ0n) is 17.0. The number of halogens is 1. The van der Waals surface area contributed by atoms with E-state index >= 15 is 0 Å². The number of fused-ring (bicyclic) bond motifs is 1. The third-order valence-corrected chi connectivity index (χ3v) is 5.75. The SMILES string of the molecule is O=C(NCc1ccc(Cl)cc1)C(=O)NC[C@H](c1ccco1)N1CCc2ccccc2C1. The Labute approximate surface area is 186 Å². The Kier molecular flexibility index (Phi) is 6.70. The van der Waals surface area contributed by atoms with Crippen molar-refractivity contribution in [3.8, 4) is 0 Å². The summed E-state index contributed by atoms with van der Waals surface area (Å²) in [6, 6.07) is 19.1. The van der Waals surface area contributed by atoms with Crippen molar-refractivity contribution in [3.05, 3.63) is 94.4 Å². The van der Waals surface area contributed by atoms with Gasteiger partial charge in [-0.05, 0) is 47.4 Å². The van der Waals surface area contributed by atoms with Crippen molar-refractivity contribution < 1.29 is 14.0 Å². The van der Waals surface area contributed by atoms with Crippen molar-refractivity contribution in [2.75, 3.05) is 13.1 Å². The highest BCUT2D eigenvalue weighted by molar-refractivity contribution is 6.35. The number of nitrogens with one attached hydrogen (secondary N) is 2. The van der Waals surface area contributed by atoms with Gasteiger partial charge in [0.2, 0.25) is 0 Å². The molecule has 7 heteroatoms. The molecular weight excluding hydrogens is 414 g/mol. The molecule has 160 valence electrons. The van der Waals surface area contributed by atoms with Crippen LogP contribution in [-0.2, 0) is 29.1 Å².